The molecule has 0 aliphatic rings. The van der Waals surface area contributed by atoms with E-state index in [1.165, 1.54) is 0 Å². The van der Waals surface area contributed by atoms with E-state index in [0.29, 0.717) is 23.6 Å². The fourth-order valence-electron chi connectivity index (χ4n) is 2.22. The Hall–Kier alpha value is -0.720. The van der Waals surface area contributed by atoms with Gasteiger partial charge in [-0.3, -0.25) is 0 Å². The zero-order valence-corrected chi connectivity index (χ0v) is 14.2. The van der Waals surface area contributed by atoms with Gasteiger partial charge in [0.25, 0.3) is 0 Å². The van der Waals surface area contributed by atoms with Gasteiger partial charge >= 0.3 is 0 Å². The molecule has 4 nitrogen and oxygen atoms in total. The first-order chi connectivity index (χ1) is 9.60. The number of thiophene rings is 1. The summed E-state index contributed by atoms with van der Waals surface area (Å²) in [5, 5.41) is 4.05. The average molecular weight is 358 g/mol. The van der Waals surface area contributed by atoms with E-state index in [0.717, 1.165) is 34.5 Å². The number of halogens is 1. The monoisotopic (exact) mass is 357 g/mol. The molecule has 0 aliphatic carbocycles. The van der Waals surface area contributed by atoms with Crippen molar-refractivity contribution < 1.29 is 4.52 Å². The normalized spacial score (nSPS) is 13.1. The molecule has 6 heteroatoms. The maximum atomic E-state index is 5.66. The molecule has 0 saturated carbocycles. The number of nitrogens with zero attached hydrogens (tertiary/aromatic N) is 2. The van der Waals surface area contributed by atoms with Crippen LogP contribution in [0.4, 0.5) is 0 Å². The van der Waals surface area contributed by atoms with Gasteiger partial charge in [-0.15, -0.1) is 11.3 Å². The number of hydrogen-bond donors (Lipinski definition) is 1. The minimum Gasteiger partial charge on any atom is -0.339 e. The number of nitrogens with two attached hydrogens (primary N) is 1. The van der Waals surface area contributed by atoms with Crippen molar-refractivity contribution in [1.29, 1.82) is 0 Å². The molecule has 0 spiro atoms. The molecule has 0 amide bonds. The third kappa shape index (κ3) is 4.14. The molecule has 20 heavy (non-hydrogen) atoms. The Bertz CT molecular complexity index is 538. The molecule has 2 N–H and O–H groups in total. The lowest BCUT2D eigenvalue weighted by Gasteiger charge is -2.18. The van der Waals surface area contributed by atoms with E-state index in [-0.39, 0.29) is 0 Å². The Morgan fingerprint density at radius 2 is 2.15 bits per heavy atom. The summed E-state index contributed by atoms with van der Waals surface area (Å²) in [4.78, 5) is 5.49. The maximum Gasteiger partial charge on any atom is 0.226 e. The summed E-state index contributed by atoms with van der Waals surface area (Å²) in [7, 11) is 0. The topological polar surface area (TPSA) is 64.9 Å². The van der Waals surface area contributed by atoms with Crippen LogP contribution < -0.4 is 5.73 Å². The van der Waals surface area contributed by atoms with Crippen LogP contribution in [0.1, 0.15) is 32.6 Å². The summed E-state index contributed by atoms with van der Waals surface area (Å²) in [5.74, 6) is 2.64. The molecular formula is C14H20BrN3OS. The smallest absolute Gasteiger partial charge is 0.226 e. The maximum absolute atomic E-state index is 5.66. The van der Waals surface area contributed by atoms with Crippen molar-refractivity contribution in [2.75, 3.05) is 6.54 Å². The largest absolute Gasteiger partial charge is 0.339 e. The van der Waals surface area contributed by atoms with Crippen molar-refractivity contribution in [2.45, 2.75) is 33.1 Å². The van der Waals surface area contributed by atoms with E-state index in [4.69, 9.17) is 10.3 Å². The minimum absolute atomic E-state index is 0.617. The molecule has 1 unspecified atom stereocenters. The lowest BCUT2D eigenvalue weighted by atomic mass is 9.88. The predicted octanol–water partition coefficient (Wildman–Crippen LogP) is 4.11. The molecule has 0 aliphatic heterocycles. The second-order valence-corrected chi connectivity index (χ2v) is 7.70. The van der Waals surface area contributed by atoms with E-state index < -0.39 is 0 Å². The minimum atomic E-state index is 0.617. The molecule has 0 radical (unpaired) electrons. The van der Waals surface area contributed by atoms with E-state index >= 15 is 0 Å². The van der Waals surface area contributed by atoms with Crippen molar-refractivity contribution in [3.63, 3.8) is 0 Å². The fourth-order valence-corrected chi connectivity index (χ4v) is 3.54. The molecule has 1 atom stereocenters. The van der Waals surface area contributed by atoms with Crippen LogP contribution in [-0.2, 0) is 6.42 Å². The summed E-state index contributed by atoms with van der Waals surface area (Å²) in [6.07, 6.45) is 2.92. The Balaban J connectivity index is 1.96. The van der Waals surface area contributed by atoms with Crippen LogP contribution >= 0.6 is 27.3 Å². The van der Waals surface area contributed by atoms with Gasteiger partial charge in [0.15, 0.2) is 0 Å². The fraction of sp³-hybridized carbons (Fsp3) is 0.571. The Morgan fingerprint density at radius 3 is 2.75 bits per heavy atom. The summed E-state index contributed by atoms with van der Waals surface area (Å²) in [5.41, 5.74) is 5.66. The predicted molar refractivity (Wildman–Crippen MR) is 85.6 cm³/mol. The second kappa shape index (κ2) is 7.33. The van der Waals surface area contributed by atoms with Gasteiger partial charge in [0, 0.05) is 6.42 Å². The number of hydrogen-bond acceptors (Lipinski definition) is 5. The van der Waals surface area contributed by atoms with E-state index in [1.807, 2.05) is 12.1 Å². The van der Waals surface area contributed by atoms with Gasteiger partial charge in [-0.2, -0.15) is 4.98 Å². The van der Waals surface area contributed by atoms with Crippen LogP contribution in [0.2, 0.25) is 0 Å². The quantitative estimate of drug-likeness (QED) is 0.809. The highest BCUT2D eigenvalue weighted by molar-refractivity contribution is 9.11. The molecule has 2 rings (SSSR count). The standard InChI is InChI=1S/C14H20BrN3OS/c1-9(2)10(7-8-16)3-6-13-17-14(18-19-13)11-4-5-12(15)20-11/h4-5,9-10H,3,6-8,16H2,1-2H3. The number of rotatable bonds is 7. The third-order valence-corrected chi connectivity index (χ3v) is 5.09. The molecule has 0 saturated heterocycles. The van der Waals surface area contributed by atoms with Crippen LogP contribution in [-0.4, -0.2) is 16.7 Å². The van der Waals surface area contributed by atoms with Crippen molar-refractivity contribution in [3.8, 4) is 10.7 Å². The van der Waals surface area contributed by atoms with Crippen LogP contribution in [0, 0.1) is 11.8 Å². The lowest BCUT2D eigenvalue weighted by molar-refractivity contribution is 0.313. The molecule has 2 heterocycles. The number of aromatic nitrogens is 2. The Kier molecular flexibility index (Phi) is 5.74. The van der Waals surface area contributed by atoms with Crippen LogP contribution in [0.15, 0.2) is 20.4 Å². The highest BCUT2D eigenvalue weighted by atomic mass is 79.9. The zero-order valence-electron chi connectivity index (χ0n) is 11.8. The van der Waals surface area contributed by atoms with E-state index in [2.05, 4.69) is 39.9 Å². The Labute approximate surface area is 131 Å². The van der Waals surface area contributed by atoms with E-state index in [1.54, 1.807) is 11.3 Å². The van der Waals surface area contributed by atoms with Gasteiger partial charge in [-0.1, -0.05) is 19.0 Å². The van der Waals surface area contributed by atoms with Crippen molar-refractivity contribution >= 4 is 27.3 Å². The Morgan fingerprint density at radius 1 is 1.35 bits per heavy atom. The SMILES string of the molecule is CC(C)C(CCN)CCc1nc(-c2ccc(Br)s2)no1. The highest BCUT2D eigenvalue weighted by Gasteiger charge is 2.16. The van der Waals surface area contributed by atoms with Crippen molar-refractivity contribution in [3.05, 3.63) is 21.8 Å². The van der Waals surface area contributed by atoms with Gasteiger partial charge in [0.05, 0.1) is 8.66 Å². The molecule has 110 valence electrons. The van der Waals surface area contributed by atoms with Gasteiger partial charge < -0.3 is 10.3 Å². The molecular weight excluding hydrogens is 338 g/mol. The molecule has 0 fully saturated rings. The average Bonchev–Trinajstić information content (AvgIpc) is 3.02. The van der Waals surface area contributed by atoms with Gasteiger partial charge in [0.2, 0.25) is 11.7 Å². The first-order valence-electron chi connectivity index (χ1n) is 6.88. The van der Waals surface area contributed by atoms with Crippen molar-refractivity contribution in [2.24, 2.45) is 17.6 Å². The lowest BCUT2D eigenvalue weighted by Crippen LogP contribution is -2.15. The zero-order chi connectivity index (χ0) is 14.5. The van der Waals surface area contributed by atoms with Crippen LogP contribution in [0.25, 0.3) is 10.7 Å². The van der Waals surface area contributed by atoms with Gasteiger partial charge in [-0.05, 0) is 59.3 Å². The summed E-state index contributed by atoms with van der Waals surface area (Å²) >= 11 is 5.05. The summed E-state index contributed by atoms with van der Waals surface area (Å²) in [6.45, 7) is 5.21. The number of aryl methyl sites for hydroxylation is 1. The third-order valence-electron chi connectivity index (χ3n) is 3.47. The second-order valence-electron chi connectivity index (χ2n) is 5.24. The van der Waals surface area contributed by atoms with Crippen LogP contribution in [0.3, 0.4) is 0 Å². The molecule has 2 aromatic rings. The molecule has 0 bridgehead atoms. The molecule has 2 aromatic heterocycles. The van der Waals surface area contributed by atoms with Gasteiger partial charge in [0.1, 0.15) is 0 Å². The van der Waals surface area contributed by atoms with E-state index in [9.17, 15) is 0 Å². The van der Waals surface area contributed by atoms with Crippen LogP contribution in [0.5, 0.6) is 0 Å². The molecule has 0 aromatic carbocycles. The first-order valence-corrected chi connectivity index (χ1v) is 8.49. The highest BCUT2D eigenvalue weighted by Crippen LogP contribution is 2.29. The van der Waals surface area contributed by atoms with Gasteiger partial charge in [-0.25, -0.2) is 0 Å². The first kappa shape index (κ1) is 15.7. The summed E-state index contributed by atoms with van der Waals surface area (Å²) < 4.78 is 6.41. The summed E-state index contributed by atoms with van der Waals surface area (Å²) in [6, 6.07) is 3.99. The van der Waals surface area contributed by atoms with Crippen molar-refractivity contribution in [1.82, 2.24) is 10.1 Å².